The zero-order chi connectivity index (χ0) is 13.8. The van der Waals surface area contributed by atoms with Crippen LogP contribution in [-0.2, 0) is 11.2 Å². The molecule has 0 aliphatic carbocycles. The molecule has 0 spiro atoms. The maximum Gasteiger partial charge on any atom is 0.261 e. The van der Waals surface area contributed by atoms with Gasteiger partial charge in [0.25, 0.3) is 5.89 Å². The lowest BCUT2D eigenvalue weighted by atomic mass is 10.3. The van der Waals surface area contributed by atoms with Crippen LogP contribution in [0.5, 0.6) is 0 Å². The van der Waals surface area contributed by atoms with Crippen LogP contribution in [0, 0.1) is 0 Å². The summed E-state index contributed by atoms with van der Waals surface area (Å²) in [6.07, 6.45) is 4.20. The van der Waals surface area contributed by atoms with E-state index in [9.17, 15) is 0 Å². The van der Waals surface area contributed by atoms with E-state index in [2.05, 4.69) is 15.2 Å². The van der Waals surface area contributed by atoms with Gasteiger partial charge in [-0.15, -0.1) is 0 Å². The van der Waals surface area contributed by atoms with E-state index >= 15 is 0 Å². The topological polar surface area (TPSA) is 66.0 Å². The monoisotopic (exact) mass is 270 g/mol. The van der Waals surface area contributed by atoms with Crippen molar-refractivity contribution in [3.8, 4) is 17.1 Å². The summed E-state index contributed by atoms with van der Waals surface area (Å²) >= 11 is 0. The number of ether oxygens (including phenoxy) is 1. The molecular weight excluding hydrogens is 256 g/mol. The Hall–Kier alpha value is -2.47. The molecule has 0 amide bonds. The van der Waals surface area contributed by atoms with Gasteiger partial charge in [-0.1, -0.05) is 23.4 Å². The van der Waals surface area contributed by atoms with Crippen LogP contribution in [0.25, 0.3) is 17.1 Å². The van der Waals surface area contributed by atoms with Crippen LogP contribution in [0.3, 0.4) is 0 Å². The molecule has 2 heterocycles. The predicted molar refractivity (Wildman–Crippen MR) is 72.4 cm³/mol. The van der Waals surface area contributed by atoms with Crippen LogP contribution in [0.1, 0.15) is 5.82 Å². The summed E-state index contributed by atoms with van der Waals surface area (Å²) in [6, 6.07) is 9.86. The number of nitrogens with zero attached hydrogens (tertiary/aromatic N) is 4. The quantitative estimate of drug-likeness (QED) is 0.710. The van der Waals surface area contributed by atoms with Crippen molar-refractivity contribution in [2.45, 2.75) is 6.42 Å². The Labute approximate surface area is 116 Å². The minimum Gasteiger partial charge on any atom is -0.384 e. The molecule has 0 saturated carbocycles. The van der Waals surface area contributed by atoms with E-state index < -0.39 is 0 Å². The Balaban J connectivity index is 1.81. The van der Waals surface area contributed by atoms with E-state index in [1.807, 2.05) is 36.5 Å². The third kappa shape index (κ3) is 2.60. The summed E-state index contributed by atoms with van der Waals surface area (Å²) in [4.78, 5) is 4.31. The summed E-state index contributed by atoms with van der Waals surface area (Å²) < 4.78 is 12.0. The van der Waals surface area contributed by atoms with Gasteiger partial charge in [0.2, 0.25) is 0 Å². The number of para-hydroxylation sites is 1. The van der Waals surface area contributed by atoms with E-state index in [4.69, 9.17) is 9.26 Å². The summed E-state index contributed by atoms with van der Waals surface area (Å²) in [5.74, 6) is 1.10. The second-order valence-electron chi connectivity index (χ2n) is 4.27. The summed E-state index contributed by atoms with van der Waals surface area (Å²) in [5.41, 5.74) is 1.78. The van der Waals surface area contributed by atoms with Gasteiger partial charge in [0.1, 0.15) is 0 Å². The molecule has 2 aromatic heterocycles. The molecule has 0 atom stereocenters. The highest BCUT2D eigenvalue weighted by Gasteiger charge is 2.11. The van der Waals surface area contributed by atoms with E-state index in [-0.39, 0.29) is 0 Å². The predicted octanol–water partition coefficient (Wildman–Crippen LogP) is 2.11. The highest BCUT2D eigenvalue weighted by molar-refractivity contribution is 5.51. The standard InChI is InChI=1S/C14H14N4O2/c1-19-8-7-13-16-14(20-17-13)11-9-15-18(10-11)12-5-3-2-4-6-12/h2-6,9-10H,7-8H2,1H3. The molecule has 3 aromatic rings. The lowest BCUT2D eigenvalue weighted by molar-refractivity contribution is 0.199. The molecule has 6 heteroatoms. The summed E-state index contributed by atoms with van der Waals surface area (Å²) in [7, 11) is 1.64. The zero-order valence-electron chi connectivity index (χ0n) is 11.1. The first-order valence-corrected chi connectivity index (χ1v) is 6.29. The molecule has 0 bridgehead atoms. The Morgan fingerprint density at radius 3 is 2.90 bits per heavy atom. The summed E-state index contributed by atoms with van der Waals surface area (Å²) in [6.45, 7) is 0.572. The molecule has 0 fully saturated rings. The van der Waals surface area contributed by atoms with Crippen LogP contribution >= 0.6 is 0 Å². The lowest BCUT2D eigenvalue weighted by Crippen LogP contribution is -1.96. The van der Waals surface area contributed by atoms with Gasteiger partial charge >= 0.3 is 0 Å². The van der Waals surface area contributed by atoms with Crippen molar-refractivity contribution in [2.75, 3.05) is 13.7 Å². The fourth-order valence-corrected chi connectivity index (χ4v) is 1.82. The lowest BCUT2D eigenvalue weighted by Gasteiger charge is -1.98. The van der Waals surface area contributed by atoms with Crippen molar-refractivity contribution >= 4 is 0 Å². The molecule has 1 aromatic carbocycles. The molecule has 0 unspecified atom stereocenters. The van der Waals surface area contributed by atoms with E-state index in [1.165, 1.54) is 0 Å². The first-order chi connectivity index (χ1) is 9.86. The number of rotatable bonds is 5. The molecule has 0 aliphatic rings. The normalized spacial score (nSPS) is 10.8. The van der Waals surface area contributed by atoms with Crippen molar-refractivity contribution < 1.29 is 9.26 Å². The molecule has 6 nitrogen and oxygen atoms in total. The van der Waals surface area contributed by atoms with Gasteiger partial charge < -0.3 is 9.26 Å². The molecule has 102 valence electrons. The molecule has 0 radical (unpaired) electrons. The summed E-state index contributed by atoms with van der Waals surface area (Å²) in [5, 5.41) is 8.21. The molecule has 0 N–H and O–H groups in total. The smallest absolute Gasteiger partial charge is 0.261 e. The first-order valence-electron chi connectivity index (χ1n) is 6.29. The molecule has 3 rings (SSSR count). The minimum absolute atomic E-state index is 0.471. The highest BCUT2D eigenvalue weighted by Crippen LogP contribution is 2.18. The van der Waals surface area contributed by atoms with Crippen molar-refractivity contribution in [2.24, 2.45) is 0 Å². The SMILES string of the molecule is COCCc1noc(-c2cnn(-c3ccccc3)c2)n1. The van der Waals surface area contributed by atoms with Crippen molar-refractivity contribution in [3.63, 3.8) is 0 Å². The maximum absolute atomic E-state index is 5.23. The maximum atomic E-state index is 5.23. The van der Waals surface area contributed by atoms with Crippen LogP contribution in [0.15, 0.2) is 47.2 Å². The van der Waals surface area contributed by atoms with Gasteiger partial charge in [0.05, 0.1) is 24.1 Å². The number of methoxy groups -OCH3 is 1. The van der Waals surface area contributed by atoms with Crippen LogP contribution in [-0.4, -0.2) is 33.6 Å². The third-order valence-electron chi connectivity index (χ3n) is 2.85. The highest BCUT2D eigenvalue weighted by atomic mass is 16.5. The Kier molecular flexibility index (Phi) is 3.56. The second kappa shape index (κ2) is 5.66. The Bertz CT molecular complexity index is 675. The van der Waals surface area contributed by atoms with Gasteiger partial charge in [-0.05, 0) is 12.1 Å². The van der Waals surface area contributed by atoms with Crippen LogP contribution < -0.4 is 0 Å². The van der Waals surface area contributed by atoms with Gasteiger partial charge in [0, 0.05) is 19.7 Å². The fourth-order valence-electron chi connectivity index (χ4n) is 1.82. The zero-order valence-corrected chi connectivity index (χ0v) is 11.1. The van der Waals surface area contributed by atoms with Crippen molar-refractivity contribution in [1.82, 2.24) is 19.9 Å². The van der Waals surface area contributed by atoms with Crippen LogP contribution in [0.4, 0.5) is 0 Å². The van der Waals surface area contributed by atoms with Crippen LogP contribution in [0.2, 0.25) is 0 Å². The largest absolute Gasteiger partial charge is 0.384 e. The number of hydrogen-bond acceptors (Lipinski definition) is 5. The van der Waals surface area contributed by atoms with E-state index in [0.717, 1.165) is 11.3 Å². The van der Waals surface area contributed by atoms with Gasteiger partial charge in [-0.3, -0.25) is 0 Å². The van der Waals surface area contributed by atoms with E-state index in [1.54, 1.807) is 18.0 Å². The molecule has 0 aliphatic heterocycles. The Morgan fingerprint density at radius 1 is 1.25 bits per heavy atom. The Morgan fingerprint density at radius 2 is 2.10 bits per heavy atom. The molecular formula is C14H14N4O2. The number of aromatic nitrogens is 4. The minimum atomic E-state index is 0.471. The fraction of sp³-hybridized carbons (Fsp3) is 0.214. The van der Waals surface area contributed by atoms with E-state index in [0.29, 0.717) is 24.7 Å². The molecule has 20 heavy (non-hydrogen) atoms. The number of hydrogen-bond donors (Lipinski definition) is 0. The first kappa shape index (κ1) is 12.6. The number of benzene rings is 1. The van der Waals surface area contributed by atoms with Gasteiger partial charge in [-0.25, -0.2) is 4.68 Å². The van der Waals surface area contributed by atoms with Crippen molar-refractivity contribution in [1.29, 1.82) is 0 Å². The third-order valence-corrected chi connectivity index (χ3v) is 2.85. The average Bonchev–Trinajstić information content (AvgIpc) is 3.15. The molecule has 0 saturated heterocycles. The van der Waals surface area contributed by atoms with Gasteiger partial charge in [-0.2, -0.15) is 10.1 Å². The van der Waals surface area contributed by atoms with Crippen molar-refractivity contribution in [3.05, 3.63) is 48.5 Å². The second-order valence-corrected chi connectivity index (χ2v) is 4.27. The average molecular weight is 270 g/mol. The van der Waals surface area contributed by atoms with Gasteiger partial charge in [0.15, 0.2) is 5.82 Å².